The Bertz CT molecular complexity index is 930. The lowest BCUT2D eigenvalue weighted by Crippen LogP contribution is -2.43. The fraction of sp³-hybridized carbons (Fsp3) is 0.333. The molecule has 1 atom stereocenters. The third kappa shape index (κ3) is 4.76. The third-order valence-electron chi connectivity index (χ3n) is 4.99. The summed E-state index contributed by atoms with van der Waals surface area (Å²) in [6.07, 6.45) is 3.37. The van der Waals surface area contributed by atoms with Gasteiger partial charge in [0.15, 0.2) is 0 Å². The van der Waals surface area contributed by atoms with Crippen molar-refractivity contribution in [1.29, 1.82) is 0 Å². The van der Waals surface area contributed by atoms with E-state index in [2.05, 4.69) is 5.32 Å². The van der Waals surface area contributed by atoms with Gasteiger partial charge >= 0.3 is 0 Å². The van der Waals surface area contributed by atoms with Crippen LogP contribution < -0.4 is 5.32 Å². The number of amides is 2. The highest BCUT2D eigenvalue weighted by atomic mass is 32.2. The smallest absolute Gasteiger partial charge is 0.272 e. The zero-order chi connectivity index (χ0) is 21.0. The zero-order valence-corrected chi connectivity index (χ0v) is 17.2. The number of carbonyl (C=O) groups is 2. The van der Waals surface area contributed by atoms with Crippen molar-refractivity contribution in [2.75, 3.05) is 18.1 Å². The van der Waals surface area contributed by atoms with E-state index in [1.54, 1.807) is 23.6 Å². The van der Waals surface area contributed by atoms with Crippen molar-refractivity contribution in [1.82, 2.24) is 4.90 Å². The largest absolute Gasteiger partial charge is 0.327 e. The van der Waals surface area contributed by atoms with Gasteiger partial charge in [0.25, 0.3) is 11.6 Å². The second kappa shape index (κ2) is 9.09. The van der Waals surface area contributed by atoms with Gasteiger partial charge in [0, 0.05) is 35.2 Å². The number of benzene rings is 2. The van der Waals surface area contributed by atoms with Crippen molar-refractivity contribution in [3.8, 4) is 0 Å². The molecule has 1 aliphatic heterocycles. The Morgan fingerprint density at radius 3 is 2.59 bits per heavy atom. The van der Waals surface area contributed by atoms with E-state index in [9.17, 15) is 19.7 Å². The van der Waals surface area contributed by atoms with Gasteiger partial charge in [-0.05, 0) is 55.9 Å². The number of rotatable bonds is 6. The molecule has 7 nitrogen and oxygen atoms in total. The van der Waals surface area contributed by atoms with E-state index in [4.69, 9.17) is 0 Å². The Kier molecular flexibility index (Phi) is 6.53. The van der Waals surface area contributed by atoms with Gasteiger partial charge in [-0.2, -0.15) is 11.8 Å². The van der Waals surface area contributed by atoms with E-state index in [0.29, 0.717) is 29.8 Å². The molecule has 0 aromatic heterocycles. The first-order chi connectivity index (χ1) is 13.9. The first kappa shape index (κ1) is 20.9. The standard InChI is InChI=1S/C21H23N3O4S/c1-14-12-16(7-10-18(14)24(27)28)21(26)23-11-3-4-19(23)20(25)22-17-8-5-15(6-9-17)13-29-2/h5-10,12,19H,3-4,11,13H2,1-2H3,(H,22,25). The number of nitrogens with zero attached hydrogens (tertiary/aromatic N) is 2. The number of likely N-dealkylation sites (tertiary alicyclic amines) is 1. The number of anilines is 1. The first-order valence-corrected chi connectivity index (χ1v) is 10.7. The monoisotopic (exact) mass is 413 g/mol. The molecule has 1 heterocycles. The lowest BCUT2D eigenvalue weighted by molar-refractivity contribution is -0.385. The van der Waals surface area contributed by atoms with Crippen LogP contribution in [0.3, 0.4) is 0 Å². The summed E-state index contributed by atoms with van der Waals surface area (Å²) < 4.78 is 0. The first-order valence-electron chi connectivity index (χ1n) is 9.35. The van der Waals surface area contributed by atoms with Crippen LogP contribution >= 0.6 is 11.8 Å². The number of nitrogens with one attached hydrogen (secondary N) is 1. The molecule has 1 fully saturated rings. The molecule has 1 saturated heterocycles. The predicted octanol–water partition coefficient (Wildman–Crippen LogP) is 4.01. The minimum absolute atomic E-state index is 0.0258. The molecule has 2 aromatic carbocycles. The van der Waals surface area contributed by atoms with Gasteiger partial charge in [-0.3, -0.25) is 19.7 Å². The summed E-state index contributed by atoms with van der Waals surface area (Å²) in [5.74, 6) is 0.413. The molecule has 0 spiro atoms. The van der Waals surface area contributed by atoms with E-state index < -0.39 is 11.0 Å². The molecular formula is C21H23N3O4S. The maximum absolute atomic E-state index is 12.9. The van der Waals surface area contributed by atoms with Gasteiger partial charge in [-0.25, -0.2) is 0 Å². The minimum Gasteiger partial charge on any atom is -0.327 e. The average Bonchev–Trinajstić information content (AvgIpc) is 3.18. The Morgan fingerprint density at radius 1 is 1.24 bits per heavy atom. The second-order valence-corrected chi connectivity index (χ2v) is 7.90. The van der Waals surface area contributed by atoms with Gasteiger partial charge in [-0.1, -0.05) is 12.1 Å². The van der Waals surface area contributed by atoms with Crippen molar-refractivity contribution in [2.24, 2.45) is 0 Å². The number of nitro groups is 1. The summed E-state index contributed by atoms with van der Waals surface area (Å²) >= 11 is 1.73. The molecule has 152 valence electrons. The second-order valence-electron chi connectivity index (χ2n) is 7.03. The van der Waals surface area contributed by atoms with Crippen LogP contribution in [0.5, 0.6) is 0 Å². The summed E-state index contributed by atoms with van der Waals surface area (Å²) in [5.41, 5.74) is 2.63. The van der Waals surface area contributed by atoms with E-state index in [-0.39, 0.29) is 17.5 Å². The molecule has 2 amide bonds. The summed E-state index contributed by atoms with van der Waals surface area (Å²) in [6, 6.07) is 11.4. The highest BCUT2D eigenvalue weighted by Gasteiger charge is 2.34. The van der Waals surface area contributed by atoms with Crippen LogP contribution in [0, 0.1) is 17.0 Å². The highest BCUT2D eigenvalue weighted by molar-refractivity contribution is 7.97. The maximum Gasteiger partial charge on any atom is 0.272 e. The van der Waals surface area contributed by atoms with Crippen molar-refractivity contribution < 1.29 is 14.5 Å². The Labute approximate surface area is 173 Å². The Balaban J connectivity index is 1.71. The summed E-state index contributed by atoms with van der Waals surface area (Å²) in [7, 11) is 0. The van der Waals surface area contributed by atoms with Crippen LogP contribution in [0.4, 0.5) is 11.4 Å². The van der Waals surface area contributed by atoms with Crippen LogP contribution in [-0.4, -0.2) is 40.5 Å². The molecule has 1 unspecified atom stereocenters. The third-order valence-corrected chi connectivity index (χ3v) is 5.61. The summed E-state index contributed by atoms with van der Waals surface area (Å²) in [4.78, 5) is 37.8. The number of hydrogen-bond donors (Lipinski definition) is 1. The molecular weight excluding hydrogens is 390 g/mol. The Hall–Kier alpha value is -2.87. The van der Waals surface area contributed by atoms with Crippen molar-refractivity contribution >= 4 is 35.0 Å². The molecule has 1 N–H and O–H groups in total. The van der Waals surface area contributed by atoms with Crippen LogP contribution in [0.1, 0.15) is 34.3 Å². The van der Waals surface area contributed by atoms with Crippen LogP contribution in [0.2, 0.25) is 0 Å². The van der Waals surface area contributed by atoms with Gasteiger partial charge < -0.3 is 10.2 Å². The molecule has 0 bridgehead atoms. The fourth-order valence-electron chi connectivity index (χ4n) is 3.52. The van der Waals surface area contributed by atoms with E-state index in [1.165, 1.54) is 23.8 Å². The lowest BCUT2D eigenvalue weighted by atomic mass is 10.1. The molecule has 3 rings (SSSR count). The van der Waals surface area contributed by atoms with Crippen molar-refractivity contribution in [3.63, 3.8) is 0 Å². The average molecular weight is 413 g/mol. The van der Waals surface area contributed by atoms with Crippen LogP contribution in [-0.2, 0) is 10.5 Å². The van der Waals surface area contributed by atoms with Gasteiger partial charge in [0.1, 0.15) is 6.04 Å². The predicted molar refractivity (Wildman–Crippen MR) is 114 cm³/mol. The normalized spacial score (nSPS) is 15.9. The zero-order valence-electron chi connectivity index (χ0n) is 16.4. The van der Waals surface area contributed by atoms with Gasteiger partial charge in [0.2, 0.25) is 5.91 Å². The molecule has 0 radical (unpaired) electrons. The van der Waals surface area contributed by atoms with E-state index >= 15 is 0 Å². The highest BCUT2D eigenvalue weighted by Crippen LogP contribution is 2.25. The molecule has 8 heteroatoms. The molecule has 1 aliphatic rings. The number of aryl methyl sites for hydroxylation is 1. The molecule has 0 saturated carbocycles. The Morgan fingerprint density at radius 2 is 1.97 bits per heavy atom. The molecule has 2 aromatic rings. The topological polar surface area (TPSA) is 92.6 Å². The summed E-state index contributed by atoms with van der Waals surface area (Å²) in [6.45, 7) is 2.09. The minimum atomic E-state index is -0.552. The quantitative estimate of drug-likeness (QED) is 0.571. The molecule has 29 heavy (non-hydrogen) atoms. The van der Waals surface area contributed by atoms with E-state index in [0.717, 1.165) is 12.2 Å². The van der Waals surface area contributed by atoms with Crippen LogP contribution in [0.25, 0.3) is 0 Å². The number of thioether (sulfide) groups is 1. The van der Waals surface area contributed by atoms with Crippen molar-refractivity contribution in [2.45, 2.75) is 31.6 Å². The van der Waals surface area contributed by atoms with E-state index in [1.807, 2.05) is 30.5 Å². The number of nitro benzene ring substituents is 1. The number of carbonyl (C=O) groups excluding carboxylic acids is 2. The lowest BCUT2D eigenvalue weighted by Gasteiger charge is -2.24. The SMILES string of the molecule is CSCc1ccc(NC(=O)C2CCCN2C(=O)c2ccc([N+](=O)[O-])c(C)c2)cc1. The van der Waals surface area contributed by atoms with Crippen molar-refractivity contribution in [3.05, 3.63) is 69.3 Å². The van der Waals surface area contributed by atoms with Gasteiger partial charge in [0.05, 0.1) is 4.92 Å². The number of hydrogen-bond acceptors (Lipinski definition) is 5. The van der Waals surface area contributed by atoms with Gasteiger partial charge in [-0.15, -0.1) is 0 Å². The molecule has 0 aliphatic carbocycles. The fourth-order valence-corrected chi connectivity index (χ4v) is 4.04. The van der Waals surface area contributed by atoms with Crippen LogP contribution in [0.15, 0.2) is 42.5 Å². The maximum atomic E-state index is 12.9. The summed E-state index contributed by atoms with van der Waals surface area (Å²) in [5, 5.41) is 13.9.